The van der Waals surface area contributed by atoms with Gasteiger partial charge >= 0.3 is 0 Å². The maximum atomic E-state index is 12.6. The lowest BCUT2D eigenvalue weighted by atomic mass is 10.1. The Morgan fingerprint density at radius 2 is 1.50 bits per heavy atom. The molecule has 1 heterocycles. The van der Waals surface area contributed by atoms with Crippen molar-refractivity contribution in [1.29, 1.82) is 0 Å². The van der Waals surface area contributed by atoms with Gasteiger partial charge in [0.05, 0.1) is 0 Å². The van der Waals surface area contributed by atoms with Gasteiger partial charge in [0.15, 0.2) is 11.0 Å². The van der Waals surface area contributed by atoms with E-state index in [0.717, 1.165) is 37.8 Å². The number of hydrogen-bond acceptors (Lipinski definition) is 5. The monoisotopic (exact) mass is 637 g/mol. The average molecular weight is 639 g/mol. The Balaban J connectivity index is 1.18. The van der Waals surface area contributed by atoms with Crippen LogP contribution < -0.4 is 10.6 Å². The van der Waals surface area contributed by atoms with E-state index < -0.39 is 0 Å². The third-order valence-electron chi connectivity index (χ3n) is 6.36. The van der Waals surface area contributed by atoms with Crippen LogP contribution >= 0.6 is 27.7 Å². The molecule has 2 N–H and O–H groups in total. The van der Waals surface area contributed by atoms with Crippen LogP contribution in [0.3, 0.4) is 0 Å². The fourth-order valence-corrected chi connectivity index (χ4v) is 5.38. The Hall–Kier alpha value is -4.47. The zero-order valence-corrected chi connectivity index (χ0v) is 25.2. The third kappa shape index (κ3) is 7.63. The first-order valence-electron chi connectivity index (χ1n) is 13.3. The molecule has 1 aromatic heterocycles. The lowest BCUT2D eigenvalue weighted by molar-refractivity contribution is -0.111. The number of benzene rings is 4. The smallest absolute Gasteiger partial charge is 0.255 e. The summed E-state index contributed by atoms with van der Waals surface area (Å²) in [5.74, 6) is 1.11. The van der Waals surface area contributed by atoms with E-state index in [2.05, 4.69) is 48.3 Å². The van der Waals surface area contributed by atoms with Gasteiger partial charge < -0.3 is 15.2 Å². The van der Waals surface area contributed by atoms with E-state index in [1.54, 1.807) is 17.8 Å². The van der Waals surface area contributed by atoms with Gasteiger partial charge in [-0.25, -0.2) is 0 Å². The Labute approximate surface area is 257 Å². The summed E-state index contributed by atoms with van der Waals surface area (Å²) in [5, 5.41) is 15.5. The Morgan fingerprint density at radius 3 is 2.19 bits per heavy atom. The van der Waals surface area contributed by atoms with Crippen LogP contribution in [-0.4, -0.2) is 26.6 Å². The predicted molar refractivity (Wildman–Crippen MR) is 173 cm³/mol. The van der Waals surface area contributed by atoms with Crippen molar-refractivity contribution in [3.63, 3.8) is 0 Å². The van der Waals surface area contributed by atoms with Crippen molar-refractivity contribution >= 4 is 57.0 Å². The molecule has 0 bridgehead atoms. The van der Waals surface area contributed by atoms with Gasteiger partial charge in [0.25, 0.3) is 5.91 Å². The molecule has 0 aliphatic rings. The molecule has 0 aliphatic heterocycles. The highest BCUT2D eigenvalue weighted by molar-refractivity contribution is 9.10. The summed E-state index contributed by atoms with van der Waals surface area (Å²) in [6.07, 6.45) is 3.30. The molecular formula is C33H28BrN5O2S. The fraction of sp³-hybridized carbons (Fsp3) is 0.0909. The molecule has 5 rings (SSSR count). The highest BCUT2D eigenvalue weighted by atomic mass is 79.9. The average Bonchev–Trinajstić information content (AvgIpc) is 3.44. The third-order valence-corrected chi connectivity index (χ3v) is 7.92. The van der Waals surface area contributed by atoms with Crippen molar-refractivity contribution in [3.8, 4) is 11.4 Å². The molecule has 0 saturated heterocycles. The van der Waals surface area contributed by atoms with Crippen molar-refractivity contribution in [1.82, 2.24) is 14.8 Å². The van der Waals surface area contributed by atoms with Gasteiger partial charge in [0.1, 0.15) is 0 Å². The highest BCUT2D eigenvalue weighted by Crippen LogP contribution is 2.27. The standard InChI is InChI=1S/C33H28BrN5O2S/c1-2-39-31(25-13-17-28(18-14-25)35-30(40)21-10-23-6-4-3-5-7-23)37-38-33(39)42-22-24-8-11-26(12-9-24)32(41)36-29-19-15-27(34)16-20-29/h3-21H,2,22H2,1H3,(H,35,40)(H,36,41). The quantitative estimate of drug-likeness (QED) is 0.120. The first-order chi connectivity index (χ1) is 20.5. The van der Waals surface area contributed by atoms with E-state index in [0.29, 0.717) is 23.5 Å². The number of thioether (sulfide) groups is 1. The van der Waals surface area contributed by atoms with Gasteiger partial charge in [-0.05, 0) is 84.8 Å². The minimum atomic E-state index is -0.194. The summed E-state index contributed by atoms with van der Waals surface area (Å²) >= 11 is 4.99. The minimum Gasteiger partial charge on any atom is -0.323 e. The summed E-state index contributed by atoms with van der Waals surface area (Å²) in [4.78, 5) is 24.9. The van der Waals surface area contributed by atoms with E-state index in [-0.39, 0.29) is 11.8 Å². The number of halogens is 1. The molecule has 0 radical (unpaired) electrons. The second-order valence-corrected chi connectivity index (χ2v) is 11.2. The highest BCUT2D eigenvalue weighted by Gasteiger charge is 2.14. The molecule has 0 aliphatic carbocycles. The summed E-state index contributed by atoms with van der Waals surface area (Å²) in [6.45, 7) is 2.77. The summed E-state index contributed by atoms with van der Waals surface area (Å²) < 4.78 is 3.03. The Morgan fingerprint density at radius 1 is 0.833 bits per heavy atom. The Kier molecular flexibility index (Phi) is 9.63. The van der Waals surface area contributed by atoms with Crippen molar-refractivity contribution in [2.45, 2.75) is 24.4 Å². The second kappa shape index (κ2) is 13.9. The number of rotatable bonds is 10. The number of anilines is 2. The summed E-state index contributed by atoms with van der Waals surface area (Å²) in [5.41, 5.74) is 4.99. The van der Waals surface area contributed by atoms with Gasteiger partial charge in [-0.3, -0.25) is 9.59 Å². The van der Waals surface area contributed by atoms with Crippen LogP contribution in [0.1, 0.15) is 28.4 Å². The van der Waals surface area contributed by atoms with Crippen LogP contribution in [0, 0.1) is 0 Å². The SMILES string of the molecule is CCn1c(SCc2ccc(C(=O)Nc3ccc(Br)cc3)cc2)nnc1-c1ccc(NC(=O)C=Cc2ccccc2)cc1. The summed E-state index contributed by atoms with van der Waals surface area (Å²) in [6, 6.07) is 32.3. The number of carbonyl (C=O) groups is 2. The first kappa shape index (κ1) is 29.0. The molecule has 7 nitrogen and oxygen atoms in total. The molecule has 0 fully saturated rings. The molecule has 0 spiro atoms. The molecule has 0 unspecified atom stereocenters. The predicted octanol–water partition coefficient (Wildman–Crippen LogP) is 7.92. The normalized spacial score (nSPS) is 11.0. The minimum absolute atomic E-state index is 0.152. The molecule has 9 heteroatoms. The van der Waals surface area contributed by atoms with E-state index in [1.165, 1.54) is 6.08 Å². The number of aromatic nitrogens is 3. The molecule has 0 saturated carbocycles. The van der Waals surface area contributed by atoms with Crippen molar-refractivity contribution < 1.29 is 9.59 Å². The van der Waals surface area contributed by atoms with E-state index in [9.17, 15) is 9.59 Å². The zero-order valence-electron chi connectivity index (χ0n) is 22.8. The lowest BCUT2D eigenvalue weighted by Gasteiger charge is -2.09. The first-order valence-corrected chi connectivity index (χ1v) is 15.1. The molecule has 0 atom stereocenters. The van der Waals surface area contributed by atoms with E-state index >= 15 is 0 Å². The number of carbonyl (C=O) groups excluding carboxylic acids is 2. The largest absolute Gasteiger partial charge is 0.323 e. The van der Waals surface area contributed by atoms with Crippen LogP contribution in [0.2, 0.25) is 0 Å². The van der Waals surface area contributed by atoms with Crippen LogP contribution in [-0.2, 0) is 17.1 Å². The van der Waals surface area contributed by atoms with Crippen LogP contribution in [0.15, 0.2) is 119 Å². The maximum absolute atomic E-state index is 12.6. The van der Waals surface area contributed by atoms with E-state index in [1.807, 2.05) is 103 Å². The van der Waals surface area contributed by atoms with Gasteiger partial charge in [-0.2, -0.15) is 0 Å². The maximum Gasteiger partial charge on any atom is 0.255 e. The van der Waals surface area contributed by atoms with Crippen molar-refractivity contribution in [2.75, 3.05) is 10.6 Å². The molecule has 2 amide bonds. The number of nitrogens with one attached hydrogen (secondary N) is 2. The van der Waals surface area contributed by atoms with Gasteiger partial charge in [-0.15, -0.1) is 10.2 Å². The summed E-state index contributed by atoms with van der Waals surface area (Å²) in [7, 11) is 0. The fourth-order valence-electron chi connectivity index (χ4n) is 4.15. The van der Waals surface area contributed by atoms with Gasteiger partial charge in [0, 0.05) is 45.3 Å². The molecular weight excluding hydrogens is 610 g/mol. The zero-order chi connectivity index (χ0) is 29.3. The second-order valence-electron chi connectivity index (χ2n) is 9.31. The lowest BCUT2D eigenvalue weighted by Crippen LogP contribution is -2.11. The van der Waals surface area contributed by atoms with Crippen LogP contribution in [0.25, 0.3) is 17.5 Å². The molecule has 210 valence electrons. The van der Waals surface area contributed by atoms with Gasteiger partial charge in [0.2, 0.25) is 5.91 Å². The molecule has 42 heavy (non-hydrogen) atoms. The molecule has 5 aromatic rings. The van der Waals surface area contributed by atoms with Crippen LogP contribution in [0.4, 0.5) is 11.4 Å². The Bertz CT molecular complexity index is 1680. The van der Waals surface area contributed by atoms with E-state index in [4.69, 9.17) is 0 Å². The number of nitrogens with zero attached hydrogens (tertiary/aromatic N) is 3. The van der Waals surface area contributed by atoms with Crippen molar-refractivity contribution in [3.05, 3.63) is 130 Å². The van der Waals surface area contributed by atoms with Crippen molar-refractivity contribution in [2.24, 2.45) is 0 Å². The topological polar surface area (TPSA) is 88.9 Å². The van der Waals surface area contributed by atoms with Crippen LogP contribution in [0.5, 0.6) is 0 Å². The molecule has 4 aromatic carbocycles. The number of amides is 2. The van der Waals surface area contributed by atoms with Gasteiger partial charge in [-0.1, -0.05) is 70.2 Å². The number of hydrogen-bond donors (Lipinski definition) is 2.